The van der Waals surface area contributed by atoms with Gasteiger partial charge >= 0.3 is 0 Å². The quantitative estimate of drug-likeness (QED) is 0.733. The van der Waals surface area contributed by atoms with E-state index in [4.69, 9.17) is 4.74 Å². The van der Waals surface area contributed by atoms with Crippen molar-refractivity contribution in [2.45, 2.75) is 50.3 Å². The largest absolute Gasteiger partial charge is 0.395 e. The molecule has 0 aromatic carbocycles. The smallest absolute Gasteiger partial charge is 0.280 e. The molecule has 0 spiro atoms. The van der Waals surface area contributed by atoms with Crippen molar-refractivity contribution in [1.82, 2.24) is 9.03 Å². The van der Waals surface area contributed by atoms with E-state index in [9.17, 15) is 13.5 Å². The lowest BCUT2D eigenvalue weighted by atomic mass is 9.90. The van der Waals surface area contributed by atoms with Crippen molar-refractivity contribution in [1.29, 1.82) is 0 Å². The van der Waals surface area contributed by atoms with Gasteiger partial charge in [-0.2, -0.15) is 17.4 Å². The number of hydrogen-bond donors (Lipinski definition) is 2. The lowest BCUT2D eigenvalue weighted by Crippen LogP contribution is -2.56. The fraction of sp³-hybridized carbons (Fsp3) is 1.00. The Morgan fingerprint density at radius 1 is 1.39 bits per heavy atom. The van der Waals surface area contributed by atoms with Gasteiger partial charge in [-0.05, 0) is 25.7 Å². The van der Waals surface area contributed by atoms with Crippen molar-refractivity contribution in [3.63, 3.8) is 0 Å². The second-order valence-electron chi connectivity index (χ2n) is 5.09. The van der Waals surface area contributed by atoms with Crippen molar-refractivity contribution < 1.29 is 18.3 Å². The maximum absolute atomic E-state index is 12.2. The van der Waals surface area contributed by atoms with Crippen LogP contribution in [0.4, 0.5) is 0 Å². The highest BCUT2D eigenvalue weighted by Crippen LogP contribution is 2.25. The van der Waals surface area contributed by atoms with Crippen molar-refractivity contribution in [3.05, 3.63) is 0 Å². The van der Waals surface area contributed by atoms with Crippen molar-refractivity contribution in [2.75, 3.05) is 20.3 Å². The van der Waals surface area contributed by atoms with Crippen molar-refractivity contribution in [2.24, 2.45) is 0 Å². The van der Waals surface area contributed by atoms with Crippen LogP contribution in [-0.2, 0) is 14.9 Å². The van der Waals surface area contributed by atoms with Gasteiger partial charge in [0, 0.05) is 25.7 Å². The van der Waals surface area contributed by atoms with E-state index in [1.165, 1.54) is 4.31 Å². The highest BCUT2D eigenvalue weighted by atomic mass is 32.2. The first-order valence-electron chi connectivity index (χ1n) is 6.49. The summed E-state index contributed by atoms with van der Waals surface area (Å²) < 4.78 is 33.7. The zero-order chi connectivity index (χ0) is 13.2. The molecule has 6 nitrogen and oxygen atoms in total. The molecule has 1 aliphatic carbocycles. The monoisotopic (exact) mass is 278 g/mol. The van der Waals surface area contributed by atoms with Crippen LogP contribution >= 0.6 is 0 Å². The molecule has 1 atom stereocenters. The Bertz CT molecular complexity index is 367. The minimum atomic E-state index is -3.47. The molecule has 18 heavy (non-hydrogen) atoms. The molecule has 2 aliphatic rings. The van der Waals surface area contributed by atoms with E-state index in [1.54, 1.807) is 7.11 Å². The predicted octanol–water partition coefficient (Wildman–Crippen LogP) is -0.155. The fourth-order valence-corrected chi connectivity index (χ4v) is 4.29. The van der Waals surface area contributed by atoms with E-state index in [1.807, 2.05) is 0 Å². The maximum Gasteiger partial charge on any atom is 0.280 e. The molecular weight excluding hydrogens is 256 g/mol. The number of methoxy groups -OCH3 is 1. The summed E-state index contributed by atoms with van der Waals surface area (Å²) in [5.41, 5.74) is 0. The van der Waals surface area contributed by atoms with Gasteiger partial charge in [-0.1, -0.05) is 6.42 Å². The summed E-state index contributed by atoms with van der Waals surface area (Å²) in [5, 5.41) is 9.26. The summed E-state index contributed by atoms with van der Waals surface area (Å²) in [6.07, 6.45) is 4.21. The first-order chi connectivity index (χ1) is 8.56. The van der Waals surface area contributed by atoms with Gasteiger partial charge in [0.15, 0.2) is 0 Å². The Morgan fingerprint density at radius 2 is 2.11 bits per heavy atom. The number of rotatable bonds is 5. The lowest BCUT2D eigenvalue weighted by Gasteiger charge is -2.38. The molecule has 1 unspecified atom stereocenters. The number of aliphatic hydroxyl groups is 1. The van der Waals surface area contributed by atoms with Crippen molar-refractivity contribution >= 4 is 10.2 Å². The minimum Gasteiger partial charge on any atom is -0.395 e. The van der Waals surface area contributed by atoms with Gasteiger partial charge in [-0.3, -0.25) is 0 Å². The number of ether oxygens (including phenoxy) is 1. The fourth-order valence-electron chi connectivity index (χ4n) is 2.61. The second-order valence-corrected chi connectivity index (χ2v) is 6.75. The molecule has 1 saturated carbocycles. The molecule has 0 bridgehead atoms. The zero-order valence-electron chi connectivity index (χ0n) is 10.7. The topological polar surface area (TPSA) is 78.9 Å². The normalized spacial score (nSPS) is 34.2. The number of piperidine rings is 1. The molecule has 0 aromatic rings. The van der Waals surface area contributed by atoms with Crippen LogP contribution in [-0.4, -0.2) is 56.3 Å². The summed E-state index contributed by atoms with van der Waals surface area (Å²) in [6, 6.07) is -0.296. The molecule has 1 saturated heterocycles. The highest BCUT2D eigenvalue weighted by molar-refractivity contribution is 7.87. The van der Waals surface area contributed by atoms with Gasteiger partial charge in [0.1, 0.15) is 0 Å². The Labute approximate surface area is 108 Å². The molecule has 0 radical (unpaired) electrons. The Hall–Kier alpha value is -0.210. The van der Waals surface area contributed by atoms with Crippen LogP contribution in [0.3, 0.4) is 0 Å². The van der Waals surface area contributed by atoms with Gasteiger partial charge in [-0.25, -0.2) is 0 Å². The summed E-state index contributed by atoms with van der Waals surface area (Å²) in [7, 11) is -1.83. The molecule has 7 heteroatoms. The van der Waals surface area contributed by atoms with E-state index in [2.05, 4.69) is 4.72 Å². The summed E-state index contributed by atoms with van der Waals surface area (Å²) in [4.78, 5) is 0. The standard InChI is InChI=1S/C11H22N2O4S/c1-17-11-6-9(7-11)12-18(15,16)13-5-3-2-4-10(13)8-14/h9-12,14H,2-8H2,1H3. The molecule has 106 valence electrons. The average molecular weight is 278 g/mol. The third-order valence-corrected chi connectivity index (χ3v) is 5.57. The molecule has 0 aromatic heterocycles. The first kappa shape index (κ1) is 14.2. The van der Waals surface area contributed by atoms with Crippen LogP contribution in [0, 0.1) is 0 Å². The zero-order valence-corrected chi connectivity index (χ0v) is 11.5. The summed E-state index contributed by atoms with van der Waals surface area (Å²) >= 11 is 0. The summed E-state index contributed by atoms with van der Waals surface area (Å²) in [5.74, 6) is 0. The van der Waals surface area contributed by atoms with Crippen LogP contribution in [0.2, 0.25) is 0 Å². The molecule has 2 fully saturated rings. The van der Waals surface area contributed by atoms with Crippen LogP contribution in [0.15, 0.2) is 0 Å². The number of aliphatic hydroxyl groups excluding tert-OH is 1. The van der Waals surface area contributed by atoms with Crippen LogP contribution < -0.4 is 4.72 Å². The molecule has 1 aliphatic heterocycles. The van der Waals surface area contributed by atoms with E-state index < -0.39 is 10.2 Å². The minimum absolute atomic E-state index is 0.0266. The van der Waals surface area contributed by atoms with Gasteiger partial charge in [-0.15, -0.1) is 0 Å². The first-order valence-corrected chi connectivity index (χ1v) is 7.93. The number of nitrogens with one attached hydrogen (secondary N) is 1. The van der Waals surface area contributed by atoms with Crippen molar-refractivity contribution in [3.8, 4) is 0 Å². The average Bonchev–Trinajstić information content (AvgIpc) is 2.33. The maximum atomic E-state index is 12.2. The number of hydrogen-bond acceptors (Lipinski definition) is 4. The van der Waals surface area contributed by atoms with Gasteiger partial charge in [0.2, 0.25) is 0 Å². The molecule has 2 rings (SSSR count). The molecule has 1 heterocycles. The van der Waals surface area contributed by atoms with E-state index in [0.717, 1.165) is 32.1 Å². The van der Waals surface area contributed by atoms with Gasteiger partial charge in [0.25, 0.3) is 10.2 Å². The Kier molecular flexibility index (Phi) is 4.60. The molecule has 0 amide bonds. The van der Waals surface area contributed by atoms with Crippen LogP contribution in [0.25, 0.3) is 0 Å². The third kappa shape index (κ3) is 3.03. The van der Waals surface area contributed by atoms with E-state index in [-0.39, 0.29) is 24.8 Å². The van der Waals surface area contributed by atoms with E-state index in [0.29, 0.717) is 6.54 Å². The SMILES string of the molecule is COC1CC(NS(=O)(=O)N2CCCCC2CO)C1. The van der Waals surface area contributed by atoms with Gasteiger partial charge < -0.3 is 9.84 Å². The molecular formula is C11H22N2O4S. The second kappa shape index (κ2) is 5.83. The van der Waals surface area contributed by atoms with E-state index >= 15 is 0 Å². The Morgan fingerprint density at radius 3 is 2.72 bits per heavy atom. The van der Waals surface area contributed by atoms with Gasteiger partial charge in [0.05, 0.1) is 12.7 Å². The number of nitrogens with zero attached hydrogens (tertiary/aromatic N) is 1. The molecule has 2 N–H and O–H groups in total. The third-order valence-electron chi connectivity index (χ3n) is 3.84. The summed E-state index contributed by atoms with van der Waals surface area (Å²) in [6.45, 7) is 0.396. The lowest BCUT2D eigenvalue weighted by molar-refractivity contribution is 0.0228. The highest BCUT2D eigenvalue weighted by Gasteiger charge is 2.37. The van der Waals surface area contributed by atoms with Crippen LogP contribution in [0.1, 0.15) is 32.1 Å². The Balaban J connectivity index is 1.93. The predicted molar refractivity (Wildman–Crippen MR) is 67.3 cm³/mol. The van der Waals surface area contributed by atoms with Crippen LogP contribution in [0.5, 0.6) is 0 Å².